The number of hydrogen-bond acceptors (Lipinski definition) is 2. The average molecular weight is 269 g/mol. The largest absolute Gasteiger partial charge is 0.395 e. The van der Waals surface area contributed by atoms with Crippen molar-refractivity contribution in [2.24, 2.45) is 5.16 Å². The van der Waals surface area contributed by atoms with Gasteiger partial charge in [0, 0.05) is 12.0 Å². The Balaban J connectivity index is 1.91. The maximum atomic E-state index is 5.09. The first kappa shape index (κ1) is 12.4. The van der Waals surface area contributed by atoms with E-state index in [9.17, 15) is 0 Å². The molecule has 0 spiro atoms. The minimum Gasteiger partial charge on any atom is -0.395 e. The van der Waals surface area contributed by atoms with Gasteiger partial charge in [0.05, 0.1) is 5.71 Å². The molecule has 0 saturated carbocycles. The second kappa shape index (κ2) is 5.54. The van der Waals surface area contributed by atoms with Gasteiger partial charge in [0.15, 0.2) is 0 Å². The van der Waals surface area contributed by atoms with E-state index in [0.29, 0.717) is 6.61 Å². The van der Waals surface area contributed by atoms with Crippen LogP contribution in [0.4, 0.5) is 0 Å². The van der Waals surface area contributed by atoms with Crippen molar-refractivity contribution < 1.29 is 4.84 Å². The normalized spacial score (nSPS) is 15.7. The van der Waals surface area contributed by atoms with Gasteiger partial charge in [0.2, 0.25) is 0 Å². The summed E-state index contributed by atoms with van der Waals surface area (Å²) in [6, 6.07) is 19.4. The van der Waals surface area contributed by atoms with Crippen LogP contribution in [0, 0.1) is 0 Å². The van der Waals surface area contributed by atoms with Gasteiger partial charge >= 0.3 is 0 Å². The molecule has 1 heterocycles. The molecule has 0 saturated heterocycles. The van der Waals surface area contributed by atoms with Gasteiger partial charge in [-0.3, -0.25) is 0 Å². The van der Waals surface area contributed by atoms with Crippen molar-refractivity contribution >= 4 is 24.2 Å². The van der Waals surface area contributed by atoms with Crippen LogP contribution >= 0.6 is 7.92 Å². The maximum Gasteiger partial charge on any atom is 0.122 e. The Morgan fingerprint density at radius 2 is 1.79 bits per heavy atom. The van der Waals surface area contributed by atoms with E-state index in [2.05, 4.69) is 66.4 Å². The molecule has 0 bridgehead atoms. The van der Waals surface area contributed by atoms with Crippen molar-refractivity contribution in [2.75, 3.05) is 13.3 Å². The number of hydrogen-bond donors (Lipinski definition) is 0. The highest BCUT2D eigenvalue weighted by Crippen LogP contribution is 2.28. The molecule has 1 aliphatic heterocycles. The second-order valence-electron chi connectivity index (χ2n) is 4.57. The zero-order valence-electron chi connectivity index (χ0n) is 10.9. The lowest BCUT2D eigenvalue weighted by Crippen LogP contribution is -2.12. The summed E-state index contributed by atoms with van der Waals surface area (Å²) in [5.41, 5.74) is 2.26. The predicted molar refractivity (Wildman–Crippen MR) is 82.1 cm³/mol. The molecule has 1 aliphatic rings. The van der Waals surface area contributed by atoms with Crippen LogP contribution < -0.4 is 10.6 Å². The summed E-state index contributed by atoms with van der Waals surface area (Å²) < 4.78 is 0. The third-order valence-corrected chi connectivity index (χ3v) is 5.44. The molecule has 0 fully saturated rings. The minimum absolute atomic E-state index is 0.297. The van der Waals surface area contributed by atoms with Crippen LogP contribution in [0.2, 0.25) is 0 Å². The fraction of sp³-hybridized carbons (Fsp3) is 0.188. The Kier molecular flexibility index (Phi) is 3.61. The van der Waals surface area contributed by atoms with Gasteiger partial charge in [-0.2, -0.15) is 0 Å². The number of rotatable bonds is 3. The molecule has 96 valence electrons. The van der Waals surface area contributed by atoms with Crippen LogP contribution in [0.3, 0.4) is 0 Å². The summed E-state index contributed by atoms with van der Waals surface area (Å²) in [5.74, 6) is 0. The molecular formula is C16H16NOP. The van der Waals surface area contributed by atoms with Gasteiger partial charge in [0.1, 0.15) is 6.61 Å². The van der Waals surface area contributed by atoms with Crippen molar-refractivity contribution in [3.63, 3.8) is 0 Å². The molecule has 2 aromatic carbocycles. The summed E-state index contributed by atoms with van der Waals surface area (Å²) in [4.78, 5) is 5.09. The van der Waals surface area contributed by atoms with Crippen molar-refractivity contribution in [1.29, 1.82) is 0 Å². The highest BCUT2D eigenvalue weighted by atomic mass is 31.1. The fourth-order valence-electron chi connectivity index (χ4n) is 2.20. The molecule has 3 heteroatoms. The highest BCUT2D eigenvalue weighted by molar-refractivity contribution is 7.72. The minimum atomic E-state index is -0.297. The van der Waals surface area contributed by atoms with Crippen molar-refractivity contribution in [3.05, 3.63) is 60.2 Å². The van der Waals surface area contributed by atoms with Gasteiger partial charge in [-0.1, -0.05) is 53.7 Å². The quantitative estimate of drug-likeness (QED) is 0.785. The van der Waals surface area contributed by atoms with E-state index in [-0.39, 0.29) is 7.92 Å². The number of nitrogens with zero attached hydrogens (tertiary/aromatic N) is 1. The lowest BCUT2D eigenvalue weighted by molar-refractivity contribution is 0.174. The lowest BCUT2D eigenvalue weighted by atomic mass is 10.1. The predicted octanol–water partition coefficient (Wildman–Crippen LogP) is 2.87. The standard InChI is InChI=1S/C16H16NOP/c1-19(14-7-3-2-4-8-14)15-9-5-6-13(12-15)16-10-11-18-17-16/h2-9,12H,10-11H2,1H3. The summed E-state index contributed by atoms with van der Waals surface area (Å²) in [5, 5.41) is 6.89. The topological polar surface area (TPSA) is 21.6 Å². The Morgan fingerprint density at radius 3 is 2.53 bits per heavy atom. The molecule has 0 amide bonds. The molecule has 0 aromatic heterocycles. The molecule has 0 N–H and O–H groups in total. The van der Waals surface area contributed by atoms with Gasteiger partial charge in [-0.05, 0) is 31.3 Å². The summed E-state index contributed by atoms with van der Waals surface area (Å²) >= 11 is 0. The molecule has 1 unspecified atom stereocenters. The van der Waals surface area contributed by atoms with Gasteiger partial charge in [-0.25, -0.2) is 0 Å². The first-order valence-electron chi connectivity index (χ1n) is 6.42. The zero-order chi connectivity index (χ0) is 13.1. The van der Waals surface area contributed by atoms with E-state index in [0.717, 1.165) is 12.1 Å². The second-order valence-corrected chi connectivity index (χ2v) is 6.72. The van der Waals surface area contributed by atoms with E-state index in [1.54, 1.807) is 0 Å². The zero-order valence-corrected chi connectivity index (χ0v) is 11.8. The molecule has 0 aliphatic carbocycles. The van der Waals surface area contributed by atoms with E-state index in [4.69, 9.17) is 4.84 Å². The van der Waals surface area contributed by atoms with E-state index in [1.807, 2.05) is 0 Å². The Labute approximate surface area is 114 Å². The molecule has 2 nitrogen and oxygen atoms in total. The average Bonchev–Trinajstić information content (AvgIpc) is 3.02. The molecule has 0 radical (unpaired) electrons. The Bertz CT molecular complexity index is 595. The van der Waals surface area contributed by atoms with Crippen molar-refractivity contribution in [3.8, 4) is 0 Å². The Morgan fingerprint density at radius 1 is 1.00 bits per heavy atom. The summed E-state index contributed by atoms with van der Waals surface area (Å²) in [6.07, 6.45) is 0.913. The highest BCUT2D eigenvalue weighted by Gasteiger charge is 2.13. The monoisotopic (exact) mass is 269 g/mol. The molecule has 3 rings (SSSR count). The van der Waals surface area contributed by atoms with Crippen LogP contribution in [-0.4, -0.2) is 19.0 Å². The third kappa shape index (κ3) is 2.69. The first-order chi connectivity index (χ1) is 9.34. The van der Waals surface area contributed by atoms with Gasteiger partial charge in [0.25, 0.3) is 0 Å². The van der Waals surface area contributed by atoms with E-state index < -0.39 is 0 Å². The van der Waals surface area contributed by atoms with Crippen LogP contribution in [0.25, 0.3) is 0 Å². The van der Waals surface area contributed by atoms with E-state index >= 15 is 0 Å². The maximum absolute atomic E-state index is 5.09. The molecule has 19 heavy (non-hydrogen) atoms. The smallest absolute Gasteiger partial charge is 0.122 e. The number of oxime groups is 1. The van der Waals surface area contributed by atoms with Crippen LogP contribution in [-0.2, 0) is 4.84 Å². The molecular weight excluding hydrogens is 253 g/mol. The number of benzene rings is 2. The first-order valence-corrected chi connectivity index (χ1v) is 8.21. The van der Waals surface area contributed by atoms with Gasteiger partial charge in [-0.15, -0.1) is 0 Å². The van der Waals surface area contributed by atoms with Crippen LogP contribution in [0.5, 0.6) is 0 Å². The fourth-order valence-corrected chi connectivity index (χ4v) is 3.76. The van der Waals surface area contributed by atoms with E-state index in [1.165, 1.54) is 16.2 Å². The summed E-state index contributed by atoms with van der Waals surface area (Å²) in [7, 11) is -0.297. The Hall–Kier alpha value is -1.66. The van der Waals surface area contributed by atoms with Crippen LogP contribution in [0.15, 0.2) is 59.8 Å². The van der Waals surface area contributed by atoms with Crippen molar-refractivity contribution in [1.82, 2.24) is 0 Å². The summed E-state index contributed by atoms with van der Waals surface area (Å²) in [6.45, 7) is 3.01. The third-order valence-electron chi connectivity index (χ3n) is 3.32. The molecule has 2 aromatic rings. The molecule has 1 atom stereocenters. The van der Waals surface area contributed by atoms with Crippen LogP contribution in [0.1, 0.15) is 12.0 Å². The SMILES string of the molecule is CP(c1ccccc1)c1cccc(C2=NOCC2)c1. The lowest BCUT2D eigenvalue weighted by Gasteiger charge is -2.14. The van der Waals surface area contributed by atoms with Gasteiger partial charge < -0.3 is 4.84 Å². The van der Waals surface area contributed by atoms with Crippen molar-refractivity contribution in [2.45, 2.75) is 6.42 Å².